The zero-order chi connectivity index (χ0) is 13.4. The average molecular weight is 271 g/mol. The minimum Gasteiger partial charge on any atom is -0.360 e. The number of aromatic amines is 1. The number of fused-ring (bicyclic) bond motifs is 1. The summed E-state index contributed by atoms with van der Waals surface area (Å²) in [5.74, 6) is -0.0424. The van der Waals surface area contributed by atoms with Crippen molar-refractivity contribution in [3.8, 4) is 0 Å². The van der Waals surface area contributed by atoms with Crippen molar-refractivity contribution >= 4 is 28.3 Å². The van der Waals surface area contributed by atoms with Gasteiger partial charge in [0.15, 0.2) is 5.78 Å². The molecule has 0 fully saturated rings. The predicted molar refractivity (Wildman–Crippen MR) is 75.7 cm³/mol. The van der Waals surface area contributed by atoms with Crippen LogP contribution in [0, 0.1) is 6.92 Å². The van der Waals surface area contributed by atoms with E-state index in [1.807, 2.05) is 13.0 Å². The number of rotatable bonds is 2. The van der Waals surface area contributed by atoms with Crippen LogP contribution in [-0.4, -0.2) is 15.8 Å². The van der Waals surface area contributed by atoms with Crippen LogP contribution >= 0.6 is 11.6 Å². The molecule has 0 amide bonds. The van der Waals surface area contributed by atoms with Crippen molar-refractivity contribution in [2.75, 3.05) is 0 Å². The second-order valence-corrected chi connectivity index (χ2v) is 4.77. The molecule has 0 aliphatic heterocycles. The lowest BCUT2D eigenvalue weighted by atomic mass is 9.99. The number of carbonyl (C=O) groups is 1. The summed E-state index contributed by atoms with van der Waals surface area (Å²) in [5, 5.41) is 1.43. The van der Waals surface area contributed by atoms with E-state index in [1.165, 1.54) is 0 Å². The van der Waals surface area contributed by atoms with Gasteiger partial charge in [-0.05, 0) is 24.6 Å². The first kappa shape index (κ1) is 11.9. The molecule has 1 aromatic carbocycles. The van der Waals surface area contributed by atoms with Gasteiger partial charge < -0.3 is 4.98 Å². The number of benzene rings is 1. The summed E-state index contributed by atoms with van der Waals surface area (Å²) < 4.78 is 0. The van der Waals surface area contributed by atoms with Gasteiger partial charge in [-0.15, -0.1) is 0 Å². The van der Waals surface area contributed by atoms with Crippen LogP contribution in [0.3, 0.4) is 0 Å². The Labute approximate surface area is 115 Å². The Morgan fingerprint density at radius 2 is 2.11 bits per heavy atom. The highest BCUT2D eigenvalue weighted by molar-refractivity contribution is 6.32. The number of nitrogens with one attached hydrogen (secondary N) is 1. The fourth-order valence-corrected chi connectivity index (χ4v) is 2.32. The van der Waals surface area contributed by atoms with Gasteiger partial charge in [0.05, 0.1) is 0 Å². The molecule has 2 aromatic heterocycles. The van der Waals surface area contributed by atoms with E-state index in [-0.39, 0.29) is 5.78 Å². The van der Waals surface area contributed by atoms with Crippen molar-refractivity contribution in [3.05, 3.63) is 64.6 Å². The van der Waals surface area contributed by atoms with Gasteiger partial charge in [-0.2, -0.15) is 0 Å². The number of H-pyrrole nitrogens is 1. The third-order valence-electron chi connectivity index (χ3n) is 3.24. The highest BCUT2D eigenvalue weighted by atomic mass is 35.5. The van der Waals surface area contributed by atoms with E-state index in [4.69, 9.17) is 11.6 Å². The highest BCUT2D eigenvalue weighted by Crippen LogP contribution is 2.24. The van der Waals surface area contributed by atoms with Crippen LogP contribution in [0.25, 0.3) is 10.9 Å². The molecule has 0 bridgehead atoms. The summed E-state index contributed by atoms with van der Waals surface area (Å²) in [6.07, 6.45) is 5.10. The molecule has 3 nitrogen and oxygen atoms in total. The monoisotopic (exact) mass is 270 g/mol. The zero-order valence-electron chi connectivity index (χ0n) is 10.3. The molecule has 4 heteroatoms. The fraction of sp³-hybridized carbons (Fsp3) is 0.0667. The maximum Gasteiger partial charge on any atom is 0.195 e. The quantitative estimate of drug-likeness (QED) is 0.721. The average Bonchev–Trinajstić information content (AvgIpc) is 2.85. The molecule has 3 rings (SSSR count). The van der Waals surface area contributed by atoms with E-state index in [0.29, 0.717) is 16.1 Å². The summed E-state index contributed by atoms with van der Waals surface area (Å²) >= 11 is 6.07. The Morgan fingerprint density at radius 1 is 1.26 bits per heavy atom. The van der Waals surface area contributed by atoms with E-state index in [0.717, 1.165) is 16.5 Å². The molecular formula is C15H11ClN2O. The molecule has 2 heterocycles. The normalized spacial score (nSPS) is 10.8. The third-order valence-corrected chi connectivity index (χ3v) is 3.65. The molecule has 0 aliphatic rings. The van der Waals surface area contributed by atoms with Crippen molar-refractivity contribution < 1.29 is 4.79 Å². The number of pyridine rings is 1. The minimum absolute atomic E-state index is 0.0424. The number of ketones is 1. The van der Waals surface area contributed by atoms with E-state index >= 15 is 0 Å². The van der Waals surface area contributed by atoms with Gasteiger partial charge >= 0.3 is 0 Å². The van der Waals surface area contributed by atoms with Crippen LogP contribution in [0.4, 0.5) is 0 Å². The molecule has 0 radical (unpaired) electrons. The molecule has 3 aromatic rings. The Bertz CT molecular complexity index is 777. The smallest absolute Gasteiger partial charge is 0.195 e. The Balaban J connectivity index is 2.17. The topological polar surface area (TPSA) is 45.8 Å². The lowest BCUT2D eigenvalue weighted by molar-refractivity contribution is 0.103. The molecule has 94 valence electrons. The van der Waals surface area contributed by atoms with Crippen molar-refractivity contribution in [2.24, 2.45) is 0 Å². The first-order valence-electron chi connectivity index (χ1n) is 5.89. The Morgan fingerprint density at radius 3 is 2.95 bits per heavy atom. The summed E-state index contributed by atoms with van der Waals surface area (Å²) in [5.41, 5.74) is 2.94. The van der Waals surface area contributed by atoms with E-state index in [9.17, 15) is 4.79 Å². The first-order chi connectivity index (χ1) is 9.18. The molecule has 0 saturated heterocycles. The van der Waals surface area contributed by atoms with Gasteiger partial charge in [0.25, 0.3) is 0 Å². The molecule has 19 heavy (non-hydrogen) atoms. The van der Waals surface area contributed by atoms with E-state index < -0.39 is 0 Å². The van der Waals surface area contributed by atoms with Crippen LogP contribution in [-0.2, 0) is 0 Å². The number of hydrogen-bond donors (Lipinski definition) is 1. The van der Waals surface area contributed by atoms with E-state index in [1.54, 1.807) is 36.8 Å². The second-order valence-electron chi connectivity index (χ2n) is 4.37. The largest absolute Gasteiger partial charge is 0.360 e. The van der Waals surface area contributed by atoms with Crippen LogP contribution in [0.5, 0.6) is 0 Å². The lowest BCUT2D eigenvalue weighted by Gasteiger charge is -2.05. The number of hydrogen-bond acceptors (Lipinski definition) is 2. The van der Waals surface area contributed by atoms with Gasteiger partial charge in [-0.3, -0.25) is 9.78 Å². The van der Waals surface area contributed by atoms with Gasteiger partial charge in [0.1, 0.15) is 0 Å². The van der Waals surface area contributed by atoms with E-state index in [2.05, 4.69) is 9.97 Å². The van der Waals surface area contributed by atoms with Gasteiger partial charge in [0, 0.05) is 45.6 Å². The molecule has 0 aliphatic carbocycles. The molecule has 0 unspecified atom stereocenters. The maximum absolute atomic E-state index is 12.6. The molecule has 0 atom stereocenters. The predicted octanol–water partition coefficient (Wildman–Crippen LogP) is 3.76. The van der Waals surface area contributed by atoms with Crippen LogP contribution < -0.4 is 0 Å². The first-order valence-corrected chi connectivity index (χ1v) is 6.27. The lowest BCUT2D eigenvalue weighted by Crippen LogP contribution is -2.03. The standard InChI is InChI=1S/C15H11ClN2O/c1-9-10(3-2-4-13(9)16)15(19)12-8-18-14-5-6-17-7-11(12)14/h2-8,18H,1H3. The van der Waals surface area contributed by atoms with Crippen LogP contribution in [0.15, 0.2) is 42.9 Å². The molecule has 1 N–H and O–H groups in total. The fourth-order valence-electron chi connectivity index (χ4n) is 2.15. The number of carbonyl (C=O) groups excluding carboxylic acids is 1. The molecule has 0 spiro atoms. The number of halogens is 1. The number of nitrogens with zero attached hydrogens (tertiary/aromatic N) is 1. The van der Waals surface area contributed by atoms with Gasteiger partial charge in [0.2, 0.25) is 0 Å². The summed E-state index contributed by atoms with van der Waals surface area (Å²) in [6, 6.07) is 7.20. The Kier molecular flexibility index (Phi) is 2.84. The zero-order valence-corrected chi connectivity index (χ0v) is 11.0. The molecular weight excluding hydrogens is 260 g/mol. The van der Waals surface area contributed by atoms with Crippen molar-refractivity contribution in [2.45, 2.75) is 6.92 Å². The summed E-state index contributed by atoms with van der Waals surface area (Å²) in [4.78, 5) is 19.7. The summed E-state index contributed by atoms with van der Waals surface area (Å²) in [6.45, 7) is 1.85. The van der Waals surface area contributed by atoms with Crippen molar-refractivity contribution in [3.63, 3.8) is 0 Å². The van der Waals surface area contributed by atoms with Crippen molar-refractivity contribution in [1.82, 2.24) is 9.97 Å². The Hall–Kier alpha value is -2.13. The maximum atomic E-state index is 12.6. The SMILES string of the molecule is Cc1c(Cl)cccc1C(=O)c1c[nH]c2ccncc12. The third kappa shape index (κ3) is 1.92. The van der Waals surface area contributed by atoms with Crippen LogP contribution in [0.2, 0.25) is 5.02 Å². The van der Waals surface area contributed by atoms with Gasteiger partial charge in [-0.1, -0.05) is 23.7 Å². The second kappa shape index (κ2) is 4.52. The highest BCUT2D eigenvalue weighted by Gasteiger charge is 2.16. The van der Waals surface area contributed by atoms with Crippen molar-refractivity contribution in [1.29, 1.82) is 0 Å². The van der Waals surface area contributed by atoms with Crippen LogP contribution in [0.1, 0.15) is 21.5 Å². The molecule has 0 saturated carbocycles. The summed E-state index contributed by atoms with van der Waals surface area (Å²) in [7, 11) is 0. The number of aromatic nitrogens is 2. The minimum atomic E-state index is -0.0424. The van der Waals surface area contributed by atoms with Gasteiger partial charge in [-0.25, -0.2) is 0 Å².